The number of hydrogen-bond donors (Lipinski definition) is 0. The molecule has 1 amide bonds. The molecular formula is C28H27FN2O4S2. The molecule has 1 atom stereocenters. The molecule has 1 unspecified atom stereocenters. The Labute approximate surface area is 220 Å². The minimum Gasteiger partial charge on any atom is -0.383 e. The van der Waals surface area contributed by atoms with Crippen LogP contribution in [-0.4, -0.2) is 56.9 Å². The van der Waals surface area contributed by atoms with Crippen LogP contribution in [0, 0.1) is 5.82 Å². The Morgan fingerprint density at radius 2 is 1.84 bits per heavy atom. The van der Waals surface area contributed by atoms with Crippen molar-refractivity contribution in [1.29, 1.82) is 0 Å². The Kier molecular flexibility index (Phi) is 7.39. The summed E-state index contributed by atoms with van der Waals surface area (Å²) >= 11 is 1.63. The van der Waals surface area contributed by atoms with E-state index in [0.29, 0.717) is 13.0 Å². The second-order valence-electron chi connectivity index (χ2n) is 8.93. The molecule has 1 aromatic heterocycles. The van der Waals surface area contributed by atoms with Gasteiger partial charge in [0.2, 0.25) is 15.9 Å². The van der Waals surface area contributed by atoms with E-state index in [1.807, 2.05) is 35.7 Å². The highest BCUT2D eigenvalue weighted by atomic mass is 32.2. The quantitative estimate of drug-likeness (QED) is 0.322. The van der Waals surface area contributed by atoms with Crippen LogP contribution in [-0.2, 0) is 26.0 Å². The van der Waals surface area contributed by atoms with E-state index in [2.05, 4.69) is 0 Å². The molecule has 3 aromatic carbocycles. The van der Waals surface area contributed by atoms with Gasteiger partial charge in [-0.05, 0) is 64.0 Å². The monoisotopic (exact) mass is 538 g/mol. The number of carbonyl (C=O) groups is 1. The van der Waals surface area contributed by atoms with Gasteiger partial charge < -0.3 is 9.64 Å². The standard InChI is InChI=1S/C28H27FN2O4S2/c1-35-16-15-30(37(33,34)24-11-8-20-4-2-3-5-22(20)18-24)19-27(32)31-14-12-26-25(13-17-36-26)28(31)21-6-9-23(29)10-7-21/h2-11,13,17-18,28H,12,14-16,19H2,1H3. The zero-order valence-corrected chi connectivity index (χ0v) is 22.0. The number of halogens is 1. The number of nitrogens with zero attached hydrogens (tertiary/aromatic N) is 2. The molecular weight excluding hydrogens is 511 g/mol. The minimum absolute atomic E-state index is 0.0379. The molecule has 0 spiro atoms. The summed E-state index contributed by atoms with van der Waals surface area (Å²) in [6.07, 6.45) is 0.686. The van der Waals surface area contributed by atoms with Crippen LogP contribution in [0.25, 0.3) is 10.8 Å². The van der Waals surface area contributed by atoms with E-state index in [9.17, 15) is 17.6 Å². The molecule has 37 heavy (non-hydrogen) atoms. The first-order chi connectivity index (χ1) is 17.9. The highest BCUT2D eigenvalue weighted by Crippen LogP contribution is 2.38. The molecule has 1 aliphatic heterocycles. The van der Waals surface area contributed by atoms with Gasteiger partial charge in [-0.1, -0.05) is 42.5 Å². The van der Waals surface area contributed by atoms with Crippen LogP contribution in [0.15, 0.2) is 83.1 Å². The van der Waals surface area contributed by atoms with Crippen molar-refractivity contribution >= 4 is 38.0 Å². The van der Waals surface area contributed by atoms with E-state index in [1.165, 1.54) is 28.4 Å². The number of ether oxygens (including phenoxy) is 1. The van der Waals surface area contributed by atoms with Crippen LogP contribution in [0.4, 0.5) is 4.39 Å². The average Bonchev–Trinajstić information content (AvgIpc) is 3.39. The minimum atomic E-state index is -3.98. The van der Waals surface area contributed by atoms with Gasteiger partial charge in [-0.15, -0.1) is 11.3 Å². The van der Waals surface area contributed by atoms with Gasteiger partial charge in [-0.25, -0.2) is 12.8 Å². The van der Waals surface area contributed by atoms with Crippen molar-refractivity contribution in [2.45, 2.75) is 17.4 Å². The van der Waals surface area contributed by atoms with Crippen molar-refractivity contribution in [3.8, 4) is 0 Å². The maximum atomic E-state index is 13.8. The molecule has 2 heterocycles. The van der Waals surface area contributed by atoms with Crippen molar-refractivity contribution in [1.82, 2.24) is 9.21 Å². The lowest BCUT2D eigenvalue weighted by Crippen LogP contribution is -2.47. The molecule has 0 saturated carbocycles. The summed E-state index contributed by atoms with van der Waals surface area (Å²) in [6.45, 7) is 0.310. The topological polar surface area (TPSA) is 66.9 Å². The maximum Gasteiger partial charge on any atom is 0.243 e. The van der Waals surface area contributed by atoms with Crippen molar-refractivity contribution < 1.29 is 22.3 Å². The van der Waals surface area contributed by atoms with E-state index in [1.54, 1.807) is 46.6 Å². The second-order valence-corrected chi connectivity index (χ2v) is 11.9. The SMILES string of the molecule is COCCN(CC(=O)N1CCc2sccc2C1c1ccc(F)cc1)S(=O)(=O)c1ccc2ccccc2c1. The summed E-state index contributed by atoms with van der Waals surface area (Å²) in [7, 11) is -2.48. The summed E-state index contributed by atoms with van der Waals surface area (Å²) in [5, 5.41) is 3.73. The van der Waals surface area contributed by atoms with Gasteiger partial charge >= 0.3 is 0 Å². The summed E-state index contributed by atoms with van der Waals surface area (Å²) in [5.41, 5.74) is 1.78. The summed E-state index contributed by atoms with van der Waals surface area (Å²) in [5.74, 6) is -0.665. The first-order valence-corrected chi connectivity index (χ1v) is 14.3. The smallest absolute Gasteiger partial charge is 0.243 e. The number of carbonyl (C=O) groups excluding carboxylic acids is 1. The predicted molar refractivity (Wildman–Crippen MR) is 143 cm³/mol. The van der Waals surface area contributed by atoms with Gasteiger partial charge in [0.15, 0.2) is 0 Å². The molecule has 6 nitrogen and oxygen atoms in total. The lowest BCUT2D eigenvalue weighted by atomic mass is 9.93. The highest BCUT2D eigenvalue weighted by Gasteiger charge is 2.35. The van der Waals surface area contributed by atoms with Gasteiger partial charge in [0, 0.05) is 25.1 Å². The molecule has 5 rings (SSSR count). The van der Waals surface area contributed by atoms with Crippen LogP contribution in [0.1, 0.15) is 22.0 Å². The van der Waals surface area contributed by atoms with Crippen LogP contribution in [0.3, 0.4) is 0 Å². The lowest BCUT2D eigenvalue weighted by Gasteiger charge is -2.37. The van der Waals surface area contributed by atoms with E-state index < -0.39 is 16.1 Å². The van der Waals surface area contributed by atoms with Crippen LogP contribution < -0.4 is 0 Å². The van der Waals surface area contributed by atoms with Gasteiger partial charge in [0.25, 0.3) is 0 Å². The largest absolute Gasteiger partial charge is 0.383 e. The molecule has 192 valence electrons. The van der Waals surface area contributed by atoms with Crippen LogP contribution >= 0.6 is 11.3 Å². The second kappa shape index (κ2) is 10.7. The number of amides is 1. The number of benzene rings is 3. The van der Waals surface area contributed by atoms with Crippen molar-refractivity contribution in [3.63, 3.8) is 0 Å². The molecule has 0 N–H and O–H groups in total. The number of thiophene rings is 1. The third kappa shape index (κ3) is 5.17. The molecule has 9 heteroatoms. The fourth-order valence-electron chi connectivity index (χ4n) is 4.79. The third-order valence-corrected chi connectivity index (χ3v) is 9.52. The number of rotatable bonds is 8. The molecule has 0 radical (unpaired) electrons. The number of methoxy groups -OCH3 is 1. The summed E-state index contributed by atoms with van der Waals surface area (Å²) in [4.78, 5) is 16.8. The van der Waals surface area contributed by atoms with E-state index in [-0.39, 0.29) is 36.3 Å². The Morgan fingerprint density at radius 1 is 1.08 bits per heavy atom. The Bertz CT molecular complexity index is 1520. The van der Waals surface area contributed by atoms with Gasteiger partial charge in [0.1, 0.15) is 5.82 Å². The summed E-state index contributed by atoms with van der Waals surface area (Å²) in [6, 6.07) is 20.2. The third-order valence-electron chi connectivity index (χ3n) is 6.69. The molecule has 0 saturated heterocycles. The molecule has 4 aromatic rings. The number of sulfonamides is 1. The Hall–Kier alpha value is -3.11. The zero-order valence-electron chi connectivity index (χ0n) is 20.3. The van der Waals surface area contributed by atoms with Crippen molar-refractivity contribution in [2.24, 2.45) is 0 Å². The fraction of sp³-hybridized carbons (Fsp3) is 0.250. The predicted octanol–water partition coefficient (Wildman–Crippen LogP) is 4.85. The van der Waals surface area contributed by atoms with Crippen LogP contribution in [0.5, 0.6) is 0 Å². The highest BCUT2D eigenvalue weighted by molar-refractivity contribution is 7.89. The molecule has 0 fully saturated rings. The van der Waals surface area contributed by atoms with Gasteiger partial charge in [-0.2, -0.15) is 4.31 Å². The molecule has 1 aliphatic rings. The Balaban J connectivity index is 1.46. The first-order valence-electron chi connectivity index (χ1n) is 12.0. The number of fused-ring (bicyclic) bond motifs is 2. The first kappa shape index (κ1) is 25.5. The number of hydrogen-bond acceptors (Lipinski definition) is 5. The normalized spacial score (nSPS) is 15.8. The summed E-state index contributed by atoms with van der Waals surface area (Å²) < 4.78 is 47.4. The Morgan fingerprint density at radius 3 is 2.59 bits per heavy atom. The lowest BCUT2D eigenvalue weighted by molar-refractivity contribution is -0.133. The van der Waals surface area contributed by atoms with Crippen LogP contribution in [0.2, 0.25) is 0 Å². The average molecular weight is 539 g/mol. The maximum absolute atomic E-state index is 13.8. The molecule has 0 aliphatic carbocycles. The molecule has 0 bridgehead atoms. The van der Waals surface area contributed by atoms with E-state index in [0.717, 1.165) is 21.9 Å². The van der Waals surface area contributed by atoms with Crippen molar-refractivity contribution in [2.75, 3.05) is 33.4 Å². The fourth-order valence-corrected chi connectivity index (χ4v) is 7.10. The van der Waals surface area contributed by atoms with Crippen molar-refractivity contribution in [3.05, 3.63) is 100.0 Å². The van der Waals surface area contributed by atoms with Gasteiger partial charge in [-0.3, -0.25) is 4.79 Å². The zero-order chi connectivity index (χ0) is 26.0. The van der Waals surface area contributed by atoms with Gasteiger partial charge in [0.05, 0.1) is 24.1 Å². The van der Waals surface area contributed by atoms with E-state index in [4.69, 9.17) is 4.74 Å². The van der Waals surface area contributed by atoms with E-state index >= 15 is 0 Å².